The number of fused-ring (bicyclic) bond motifs is 13. The van der Waals surface area contributed by atoms with Crippen molar-refractivity contribution < 1.29 is 8.83 Å². The molecule has 0 aliphatic heterocycles. The van der Waals surface area contributed by atoms with E-state index < -0.39 is 0 Å². The van der Waals surface area contributed by atoms with Crippen LogP contribution in [-0.2, 0) is 0 Å². The Morgan fingerprint density at radius 1 is 0.328 bits per heavy atom. The Bertz CT molecular complexity index is 4140. The lowest BCUT2D eigenvalue weighted by Crippen LogP contribution is -2.00. The number of para-hydroxylation sites is 5. The maximum Gasteiger partial charge on any atom is 0.167 e. The quantitative estimate of drug-likeness (QED) is 0.173. The Labute approximate surface area is 364 Å². The van der Waals surface area contributed by atoms with Crippen LogP contribution in [0.4, 0.5) is 0 Å². The molecule has 0 radical (unpaired) electrons. The van der Waals surface area contributed by atoms with Crippen molar-refractivity contribution in [3.63, 3.8) is 0 Å². The van der Waals surface area contributed by atoms with Crippen LogP contribution in [-0.4, -0.2) is 24.1 Å². The standard InChI is InChI=1S/C57H33N5O2/c1-3-15-34(16-4-1)55-58-56(35-17-5-2-6-18-35)60-57(59-55)44-24-13-22-41-42-23-14-27-49(53(42)64-52(41)44)62-47-26-11-8-20-38(47)45-33-36(29-32-48(45)62)61-46-25-10-7-19-37(46)40-30-31-43-39-21-9-12-28-50(39)63-54(43)51(40)61/h1-33H. The van der Waals surface area contributed by atoms with Gasteiger partial charge in [-0.3, -0.25) is 0 Å². The summed E-state index contributed by atoms with van der Waals surface area (Å²) in [7, 11) is 0. The molecule has 5 aromatic heterocycles. The summed E-state index contributed by atoms with van der Waals surface area (Å²) in [4.78, 5) is 15.1. The Morgan fingerprint density at radius 3 is 1.62 bits per heavy atom. The van der Waals surface area contributed by atoms with E-state index in [0.717, 1.165) is 110 Å². The third-order valence-electron chi connectivity index (χ3n) is 12.8. The molecule has 0 atom stereocenters. The number of nitrogens with zero attached hydrogens (tertiary/aromatic N) is 5. The number of aromatic nitrogens is 5. The van der Waals surface area contributed by atoms with E-state index >= 15 is 0 Å². The summed E-state index contributed by atoms with van der Waals surface area (Å²) in [6, 6.07) is 69.6. The molecule has 5 heterocycles. The summed E-state index contributed by atoms with van der Waals surface area (Å²) in [5.41, 5.74) is 12.3. The average molecular weight is 820 g/mol. The molecule has 9 aromatic carbocycles. The zero-order chi connectivity index (χ0) is 41.9. The molecule has 7 nitrogen and oxygen atoms in total. The number of hydrogen-bond acceptors (Lipinski definition) is 5. The zero-order valence-electron chi connectivity index (χ0n) is 34.1. The molecule has 0 aliphatic carbocycles. The Hall–Kier alpha value is -8.81. The second kappa shape index (κ2) is 13.3. The molecular formula is C57H33N5O2. The minimum atomic E-state index is 0.549. The minimum absolute atomic E-state index is 0.549. The molecule has 0 fully saturated rings. The number of furan rings is 2. The number of rotatable bonds is 5. The lowest BCUT2D eigenvalue weighted by atomic mass is 10.1. The van der Waals surface area contributed by atoms with Gasteiger partial charge >= 0.3 is 0 Å². The molecule has 0 aliphatic rings. The van der Waals surface area contributed by atoms with Crippen LogP contribution < -0.4 is 0 Å². The predicted molar refractivity (Wildman–Crippen MR) is 259 cm³/mol. The number of benzene rings is 9. The average Bonchev–Trinajstić information content (AvgIpc) is 4.12. The summed E-state index contributed by atoms with van der Waals surface area (Å²) in [6.45, 7) is 0. The van der Waals surface area contributed by atoms with Crippen LogP contribution in [0, 0.1) is 0 Å². The molecule has 0 unspecified atom stereocenters. The topological polar surface area (TPSA) is 74.8 Å². The summed E-state index contributed by atoms with van der Waals surface area (Å²) < 4.78 is 18.5. The first-order valence-corrected chi connectivity index (χ1v) is 21.4. The van der Waals surface area contributed by atoms with Crippen LogP contribution in [0.15, 0.2) is 209 Å². The second-order valence-corrected chi connectivity index (χ2v) is 16.3. The van der Waals surface area contributed by atoms with Crippen LogP contribution in [0.2, 0.25) is 0 Å². The maximum atomic E-state index is 7.09. The molecule has 0 N–H and O–H groups in total. The van der Waals surface area contributed by atoms with Gasteiger partial charge in [-0.2, -0.15) is 0 Å². The van der Waals surface area contributed by atoms with E-state index in [2.05, 4.69) is 137 Å². The van der Waals surface area contributed by atoms with Crippen molar-refractivity contribution in [2.24, 2.45) is 0 Å². The zero-order valence-corrected chi connectivity index (χ0v) is 34.1. The van der Waals surface area contributed by atoms with E-state index in [9.17, 15) is 0 Å². The van der Waals surface area contributed by atoms with E-state index in [1.54, 1.807) is 0 Å². The summed E-state index contributed by atoms with van der Waals surface area (Å²) in [5, 5.41) is 8.85. The molecule has 64 heavy (non-hydrogen) atoms. The van der Waals surface area contributed by atoms with E-state index in [-0.39, 0.29) is 0 Å². The van der Waals surface area contributed by atoms with Crippen molar-refractivity contribution in [1.82, 2.24) is 24.1 Å². The highest BCUT2D eigenvalue weighted by Crippen LogP contribution is 2.44. The van der Waals surface area contributed by atoms with E-state index in [1.165, 1.54) is 5.39 Å². The first kappa shape index (κ1) is 34.9. The van der Waals surface area contributed by atoms with Crippen LogP contribution in [0.3, 0.4) is 0 Å². The van der Waals surface area contributed by atoms with Crippen LogP contribution in [0.25, 0.3) is 133 Å². The third-order valence-corrected chi connectivity index (χ3v) is 12.8. The predicted octanol–water partition coefficient (Wildman–Crippen LogP) is 14.9. The van der Waals surface area contributed by atoms with Crippen molar-refractivity contribution in [2.45, 2.75) is 0 Å². The van der Waals surface area contributed by atoms with E-state index in [1.807, 2.05) is 72.8 Å². The van der Waals surface area contributed by atoms with Gasteiger partial charge < -0.3 is 18.0 Å². The SMILES string of the molecule is c1ccc(-c2nc(-c3ccccc3)nc(-c3cccc4c3oc3c(-n5c6ccccc6c6cc(-n7c8ccccc8c8ccc9c%10ccccc%10oc9c87)ccc65)cccc34)n2)cc1. The first-order chi connectivity index (χ1) is 31.7. The molecular weight excluding hydrogens is 787 g/mol. The molecule has 0 bridgehead atoms. The third kappa shape index (κ3) is 5.00. The Balaban J connectivity index is 0.989. The van der Waals surface area contributed by atoms with Gasteiger partial charge in [0, 0.05) is 59.9 Å². The van der Waals surface area contributed by atoms with Crippen LogP contribution in [0.1, 0.15) is 0 Å². The fourth-order valence-corrected chi connectivity index (χ4v) is 9.95. The lowest BCUT2D eigenvalue weighted by Gasteiger charge is -2.11. The van der Waals surface area contributed by atoms with Crippen molar-refractivity contribution in [1.29, 1.82) is 0 Å². The Morgan fingerprint density at radius 2 is 0.875 bits per heavy atom. The fourth-order valence-electron chi connectivity index (χ4n) is 9.95. The van der Waals surface area contributed by atoms with Gasteiger partial charge in [0.1, 0.15) is 11.2 Å². The van der Waals surface area contributed by atoms with Crippen LogP contribution in [0.5, 0.6) is 0 Å². The maximum absolute atomic E-state index is 7.09. The first-order valence-electron chi connectivity index (χ1n) is 21.4. The normalized spacial score (nSPS) is 12.1. The second-order valence-electron chi connectivity index (χ2n) is 16.3. The van der Waals surface area contributed by atoms with Gasteiger partial charge in [-0.25, -0.2) is 15.0 Å². The van der Waals surface area contributed by atoms with Crippen molar-refractivity contribution in [3.8, 4) is 45.5 Å². The lowest BCUT2D eigenvalue weighted by molar-refractivity contribution is 0.667. The molecule has 298 valence electrons. The Kier molecular flexibility index (Phi) is 7.27. The molecule has 0 amide bonds. The summed E-state index contributed by atoms with van der Waals surface area (Å²) >= 11 is 0. The van der Waals surface area contributed by atoms with Crippen molar-refractivity contribution in [2.75, 3.05) is 0 Å². The molecule has 14 aromatic rings. The smallest absolute Gasteiger partial charge is 0.167 e. The van der Waals surface area contributed by atoms with Gasteiger partial charge in [0.15, 0.2) is 28.6 Å². The largest absolute Gasteiger partial charge is 0.454 e. The van der Waals surface area contributed by atoms with Crippen LogP contribution >= 0.6 is 0 Å². The van der Waals surface area contributed by atoms with Crippen molar-refractivity contribution in [3.05, 3.63) is 200 Å². The van der Waals surface area contributed by atoms with Gasteiger partial charge in [-0.1, -0.05) is 146 Å². The summed E-state index contributed by atoms with van der Waals surface area (Å²) in [6.07, 6.45) is 0. The molecule has 14 rings (SSSR count). The van der Waals surface area contributed by atoms with E-state index in [4.69, 9.17) is 23.8 Å². The van der Waals surface area contributed by atoms with Gasteiger partial charge in [0.05, 0.1) is 33.3 Å². The van der Waals surface area contributed by atoms with Gasteiger partial charge in [-0.05, 0) is 54.6 Å². The minimum Gasteiger partial charge on any atom is -0.454 e. The highest BCUT2D eigenvalue weighted by Gasteiger charge is 2.23. The van der Waals surface area contributed by atoms with Gasteiger partial charge in [-0.15, -0.1) is 0 Å². The van der Waals surface area contributed by atoms with Gasteiger partial charge in [0.2, 0.25) is 0 Å². The number of hydrogen-bond donors (Lipinski definition) is 0. The molecule has 0 spiro atoms. The van der Waals surface area contributed by atoms with Gasteiger partial charge in [0.25, 0.3) is 0 Å². The molecule has 0 saturated heterocycles. The fraction of sp³-hybridized carbons (Fsp3) is 0. The van der Waals surface area contributed by atoms with Crippen molar-refractivity contribution >= 4 is 87.5 Å². The highest BCUT2D eigenvalue weighted by atomic mass is 16.3. The summed E-state index contributed by atoms with van der Waals surface area (Å²) in [5.74, 6) is 1.75. The monoisotopic (exact) mass is 819 g/mol. The van der Waals surface area contributed by atoms with E-state index in [0.29, 0.717) is 17.5 Å². The molecule has 0 saturated carbocycles. The molecule has 7 heteroatoms. The highest BCUT2D eigenvalue weighted by molar-refractivity contribution is 6.22.